The van der Waals surface area contributed by atoms with Crippen molar-refractivity contribution >= 4 is 16.8 Å². The predicted molar refractivity (Wildman–Crippen MR) is 94.1 cm³/mol. The van der Waals surface area contributed by atoms with Gasteiger partial charge in [0.05, 0.1) is 6.04 Å². The molecule has 1 aliphatic rings. The van der Waals surface area contributed by atoms with Gasteiger partial charge in [0.1, 0.15) is 5.69 Å². The second-order valence-corrected chi connectivity index (χ2v) is 6.84. The maximum absolute atomic E-state index is 12.6. The van der Waals surface area contributed by atoms with Crippen LogP contribution in [-0.4, -0.2) is 21.1 Å². The monoisotopic (exact) mass is 322 g/mol. The smallest absolute Gasteiger partial charge is 0.272 e. The van der Waals surface area contributed by atoms with Crippen molar-refractivity contribution in [2.45, 2.75) is 45.1 Å². The van der Waals surface area contributed by atoms with E-state index in [1.54, 1.807) is 0 Å². The van der Waals surface area contributed by atoms with E-state index in [4.69, 9.17) is 0 Å². The van der Waals surface area contributed by atoms with E-state index in [9.17, 15) is 4.79 Å². The molecule has 124 valence electrons. The zero-order chi connectivity index (χ0) is 16.7. The highest BCUT2D eigenvalue weighted by Crippen LogP contribution is 2.34. The Hall–Kier alpha value is -2.56. The largest absolute Gasteiger partial charge is 0.356 e. The molecule has 2 heterocycles. The Morgan fingerprint density at radius 2 is 2.17 bits per heavy atom. The summed E-state index contributed by atoms with van der Waals surface area (Å²) in [4.78, 5) is 16.1. The van der Waals surface area contributed by atoms with Gasteiger partial charge in [0.2, 0.25) is 0 Å². The lowest BCUT2D eigenvalue weighted by atomic mass is 9.91. The fourth-order valence-corrected chi connectivity index (χ4v) is 3.54. The number of aromatic nitrogens is 3. The molecule has 4 rings (SSSR count). The number of carbonyl (C=O) groups excluding carboxylic acids is 1. The van der Waals surface area contributed by atoms with Crippen molar-refractivity contribution in [2.75, 3.05) is 0 Å². The van der Waals surface area contributed by atoms with Gasteiger partial charge in [0.15, 0.2) is 0 Å². The number of rotatable bonds is 3. The van der Waals surface area contributed by atoms with Gasteiger partial charge in [-0.3, -0.25) is 9.89 Å². The normalized spacial score (nSPS) is 17.2. The van der Waals surface area contributed by atoms with Crippen molar-refractivity contribution in [1.82, 2.24) is 20.5 Å². The molecule has 0 saturated heterocycles. The van der Waals surface area contributed by atoms with Gasteiger partial charge in [-0.25, -0.2) is 0 Å². The molecular weight excluding hydrogens is 300 g/mol. The Labute approximate surface area is 140 Å². The minimum atomic E-state index is -0.116. The number of amides is 1. The molecule has 0 radical (unpaired) electrons. The quantitative estimate of drug-likeness (QED) is 0.686. The first kappa shape index (κ1) is 15.0. The number of fused-ring (bicyclic) bond motifs is 3. The van der Waals surface area contributed by atoms with E-state index in [-0.39, 0.29) is 11.9 Å². The summed E-state index contributed by atoms with van der Waals surface area (Å²) in [6.45, 7) is 4.15. The summed E-state index contributed by atoms with van der Waals surface area (Å²) in [5.74, 6) is 0.212. The van der Waals surface area contributed by atoms with Crippen LogP contribution in [0.15, 0.2) is 30.3 Å². The first-order chi connectivity index (χ1) is 11.6. The van der Waals surface area contributed by atoms with Gasteiger partial charge < -0.3 is 10.3 Å². The number of H-pyrrole nitrogens is 2. The van der Waals surface area contributed by atoms with Gasteiger partial charge in [-0.15, -0.1) is 0 Å². The van der Waals surface area contributed by atoms with E-state index in [0.29, 0.717) is 11.6 Å². The van der Waals surface area contributed by atoms with E-state index in [0.717, 1.165) is 36.2 Å². The summed E-state index contributed by atoms with van der Waals surface area (Å²) < 4.78 is 0. The topological polar surface area (TPSA) is 73.6 Å². The molecule has 0 saturated carbocycles. The van der Waals surface area contributed by atoms with Gasteiger partial charge in [-0.1, -0.05) is 32.0 Å². The zero-order valence-electron chi connectivity index (χ0n) is 14.0. The van der Waals surface area contributed by atoms with Crippen LogP contribution in [0.1, 0.15) is 66.1 Å². The Balaban J connectivity index is 1.61. The van der Waals surface area contributed by atoms with Crippen molar-refractivity contribution < 1.29 is 4.79 Å². The fourth-order valence-electron chi connectivity index (χ4n) is 3.54. The third-order valence-corrected chi connectivity index (χ3v) is 4.87. The van der Waals surface area contributed by atoms with E-state index >= 15 is 0 Å². The number of nitrogens with one attached hydrogen (secondary N) is 3. The van der Waals surface area contributed by atoms with Crippen molar-refractivity contribution in [1.29, 1.82) is 0 Å². The number of aromatic amines is 2. The molecule has 5 nitrogen and oxygen atoms in total. The molecule has 2 aromatic heterocycles. The number of benzene rings is 1. The van der Waals surface area contributed by atoms with Crippen LogP contribution in [0, 0.1) is 0 Å². The lowest BCUT2D eigenvalue weighted by Crippen LogP contribution is -2.31. The summed E-state index contributed by atoms with van der Waals surface area (Å²) in [6.07, 6.45) is 3.09. The molecule has 3 N–H and O–H groups in total. The van der Waals surface area contributed by atoms with Crippen LogP contribution in [-0.2, 0) is 6.42 Å². The molecule has 5 heteroatoms. The Bertz CT molecular complexity index is 890. The average Bonchev–Trinajstić information content (AvgIpc) is 3.20. The Morgan fingerprint density at radius 1 is 1.33 bits per heavy atom. The van der Waals surface area contributed by atoms with Crippen LogP contribution in [0.4, 0.5) is 0 Å². The predicted octanol–water partition coefficient (Wildman–Crippen LogP) is 3.82. The SMILES string of the molecule is CC(C)c1cc(C(=O)N[C@H]2CCCc3c2[nH]c2ccccc32)n[nH]1. The van der Waals surface area contributed by atoms with Crippen LogP contribution in [0.3, 0.4) is 0 Å². The molecule has 0 bridgehead atoms. The zero-order valence-corrected chi connectivity index (χ0v) is 14.0. The molecule has 0 fully saturated rings. The molecule has 0 aliphatic heterocycles. The molecule has 1 aliphatic carbocycles. The van der Waals surface area contributed by atoms with Crippen LogP contribution in [0.25, 0.3) is 10.9 Å². The molecule has 0 unspecified atom stereocenters. The standard InChI is InChI=1S/C19H22N4O/c1-11(2)16-10-17(23-22-16)19(24)21-15-9-5-7-13-12-6-3-4-8-14(12)20-18(13)15/h3-4,6,8,10-11,15,20H,5,7,9H2,1-2H3,(H,21,24)(H,22,23)/t15-/m0/s1. The number of carbonyl (C=O) groups is 1. The third kappa shape index (κ3) is 2.50. The molecule has 1 aromatic carbocycles. The van der Waals surface area contributed by atoms with Crippen molar-refractivity contribution in [2.24, 2.45) is 0 Å². The fraction of sp³-hybridized carbons (Fsp3) is 0.368. The molecule has 0 spiro atoms. The summed E-state index contributed by atoms with van der Waals surface area (Å²) >= 11 is 0. The number of para-hydroxylation sites is 1. The number of aryl methyl sites for hydroxylation is 1. The van der Waals surface area contributed by atoms with Gasteiger partial charge in [-0.05, 0) is 42.9 Å². The van der Waals surface area contributed by atoms with Gasteiger partial charge in [0.25, 0.3) is 5.91 Å². The maximum atomic E-state index is 12.6. The maximum Gasteiger partial charge on any atom is 0.272 e. The Morgan fingerprint density at radius 3 is 2.96 bits per heavy atom. The van der Waals surface area contributed by atoms with Crippen molar-refractivity contribution in [3.63, 3.8) is 0 Å². The van der Waals surface area contributed by atoms with Crippen molar-refractivity contribution in [3.8, 4) is 0 Å². The first-order valence-corrected chi connectivity index (χ1v) is 8.59. The third-order valence-electron chi connectivity index (χ3n) is 4.87. The Kier molecular flexibility index (Phi) is 3.63. The molecule has 3 aromatic rings. The van der Waals surface area contributed by atoms with Gasteiger partial charge >= 0.3 is 0 Å². The number of nitrogens with zero attached hydrogens (tertiary/aromatic N) is 1. The van der Waals surface area contributed by atoms with Crippen LogP contribution in [0.5, 0.6) is 0 Å². The van der Waals surface area contributed by atoms with E-state index in [1.807, 2.05) is 12.1 Å². The molecule has 1 atom stereocenters. The molecule has 24 heavy (non-hydrogen) atoms. The first-order valence-electron chi connectivity index (χ1n) is 8.59. The minimum absolute atomic E-state index is 0.0212. The van der Waals surface area contributed by atoms with Crippen LogP contribution in [0.2, 0.25) is 0 Å². The summed E-state index contributed by atoms with van der Waals surface area (Å²) in [6, 6.07) is 10.2. The van der Waals surface area contributed by atoms with Crippen molar-refractivity contribution in [3.05, 3.63) is 53.0 Å². The highest BCUT2D eigenvalue weighted by molar-refractivity contribution is 5.93. The lowest BCUT2D eigenvalue weighted by molar-refractivity contribution is 0.0927. The summed E-state index contributed by atoms with van der Waals surface area (Å²) in [7, 11) is 0. The number of hydrogen-bond acceptors (Lipinski definition) is 2. The van der Waals surface area contributed by atoms with Gasteiger partial charge in [0, 0.05) is 22.3 Å². The van der Waals surface area contributed by atoms with E-state index < -0.39 is 0 Å². The summed E-state index contributed by atoms with van der Waals surface area (Å²) in [5, 5.41) is 11.5. The second-order valence-electron chi connectivity index (χ2n) is 6.84. The van der Waals surface area contributed by atoms with Gasteiger partial charge in [-0.2, -0.15) is 5.10 Å². The summed E-state index contributed by atoms with van der Waals surface area (Å²) in [5.41, 5.74) is 5.07. The van der Waals surface area contributed by atoms with E-state index in [1.165, 1.54) is 10.9 Å². The molecule has 1 amide bonds. The van der Waals surface area contributed by atoms with E-state index in [2.05, 4.69) is 52.5 Å². The average molecular weight is 322 g/mol. The van der Waals surface area contributed by atoms with Crippen LogP contribution >= 0.6 is 0 Å². The second kappa shape index (κ2) is 5.82. The molecular formula is C19H22N4O. The highest BCUT2D eigenvalue weighted by atomic mass is 16.2. The van der Waals surface area contributed by atoms with Crippen LogP contribution < -0.4 is 5.32 Å². The lowest BCUT2D eigenvalue weighted by Gasteiger charge is -2.23. The highest BCUT2D eigenvalue weighted by Gasteiger charge is 2.26. The minimum Gasteiger partial charge on any atom is -0.356 e. The number of hydrogen-bond donors (Lipinski definition) is 3.